The molecule has 7 nitrogen and oxygen atoms in total. The smallest absolute Gasteiger partial charge is 0.268 e. The number of benzene rings is 2. The van der Waals surface area contributed by atoms with Crippen molar-refractivity contribution in [3.63, 3.8) is 0 Å². The van der Waals surface area contributed by atoms with Gasteiger partial charge in [-0.2, -0.15) is 0 Å². The molecule has 29 heavy (non-hydrogen) atoms. The van der Waals surface area contributed by atoms with Crippen molar-refractivity contribution in [3.05, 3.63) is 87.8 Å². The summed E-state index contributed by atoms with van der Waals surface area (Å²) in [5.41, 5.74) is 1.45. The van der Waals surface area contributed by atoms with Gasteiger partial charge in [0, 0.05) is 12.3 Å². The van der Waals surface area contributed by atoms with E-state index in [9.17, 15) is 14.7 Å². The highest BCUT2D eigenvalue weighted by atomic mass is 16.7. The summed E-state index contributed by atoms with van der Waals surface area (Å²) in [6, 6.07) is 15.4. The number of aliphatic hydroxyl groups excluding tert-OH is 1. The van der Waals surface area contributed by atoms with Crippen LogP contribution in [0.2, 0.25) is 0 Å². The molecule has 148 valence electrons. The van der Waals surface area contributed by atoms with Crippen molar-refractivity contribution in [2.45, 2.75) is 13.0 Å². The number of carbonyl (C=O) groups excluding carboxylic acids is 1. The normalized spacial score (nSPS) is 13.2. The minimum Gasteiger partial charge on any atom is -0.454 e. The quantitative estimate of drug-likeness (QED) is 0.696. The molecule has 0 aliphatic carbocycles. The fourth-order valence-electron chi connectivity index (χ4n) is 3.29. The summed E-state index contributed by atoms with van der Waals surface area (Å²) in [6.07, 6.45) is 1.62. The molecule has 0 fully saturated rings. The Labute approximate surface area is 167 Å². The van der Waals surface area contributed by atoms with Crippen LogP contribution in [0.15, 0.2) is 65.6 Å². The molecule has 4 rings (SSSR count). The second-order valence-corrected chi connectivity index (χ2v) is 6.71. The van der Waals surface area contributed by atoms with Crippen LogP contribution in [-0.4, -0.2) is 29.0 Å². The second kappa shape index (κ2) is 7.81. The third-order valence-electron chi connectivity index (χ3n) is 4.85. The van der Waals surface area contributed by atoms with E-state index in [1.165, 1.54) is 4.57 Å². The number of hydrogen-bond acceptors (Lipinski definition) is 5. The van der Waals surface area contributed by atoms with E-state index in [0.29, 0.717) is 22.7 Å². The number of carbonyl (C=O) groups is 1. The molecule has 1 aliphatic heterocycles. The van der Waals surface area contributed by atoms with E-state index in [-0.39, 0.29) is 19.0 Å². The number of pyridine rings is 1. The molecule has 2 N–H and O–H groups in total. The number of nitrogens with zero attached hydrogens (tertiary/aromatic N) is 1. The second-order valence-electron chi connectivity index (χ2n) is 6.71. The molecule has 1 amide bonds. The van der Waals surface area contributed by atoms with Gasteiger partial charge in [-0.1, -0.05) is 30.3 Å². The maximum Gasteiger partial charge on any atom is 0.268 e. The standard InChI is InChI=1S/C22H20N2O5/c1-14-9-10-24(16-7-8-18-19(11-16)29-13-28-18)22(27)20(14)21(26)23-17(12-25)15-5-3-2-4-6-15/h2-11,17,25H,12-13H2,1H3,(H,23,26)/t17-/m0/s1. The molecule has 1 aliphatic rings. The zero-order valence-corrected chi connectivity index (χ0v) is 15.8. The Hall–Kier alpha value is -3.58. The number of hydrogen-bond donors (Lipinski definition) is 2. The molecule has 1 atom stereocenters. The maximum atomic E-state index is 13.1. The number of fused-ring (bicyclic) bond motifs is 1. The predicted molar refractivity (Wildman–Crippen MR) is 107 cm³/mol. The Bertz CT molecular complexity index is 1110. The number of aliphatic hydroxyl groups is 1. The van der Waals surface area contributed by atoms with Crippen LogP contribution in [0.5, 0.6) is 11.5 Å². The molecule has 7 heteroatoms. The van der Waals surface area contributed by atoms with Gasteiger partial charge in [-0.15, -0.1) is 0 Å². The molecule has 0 unspecified atom stereocenters. The molecular weight excluding hydrogens is 372 g/mol. The zero-order valence-electron chi connectivity index (χ0n) is 15.8. The number of ether oxygens (including phenoxy) is 2. The van der Waals surface area contributed by atoms with Gasteiger partial charge < -0.3 is 19.9 Å². The summed E-state index contributed by atoms with van der Waals surface area (Å²) in [5, 5.41) is 12.5. The minimum atomic E-state index is -0.610. The summed E-state index contributed by atoms with van der Waals surface area (Å²) in [5.74, 6) is 0.622. The van der Waals surface area contributed by atoms with Crippen LogP contribution >= 0.6 is 0 Å². The number of rotatable bonds is 5. The van der Waals surface area contributed by atoms with Crippen molar-refractivity contribution < 1.29 is 19.4 Å². The largest absolute Gasteiger partial charge is 0.454 e. The Morgan fingerprint density at radius 3 is 2.66 bits per heavy atom. The lowest BCUT2D eigenvalue weighted by Crippen LogP contribution is -2.36. The highest BCUT2D eigenvalue weighted by Crippen LogP contribution is 2.33. The SMILES string of the molecule is Cc1ccn(-c2ccc3c(c2)OCO3)c(=O)c1C(=O)N[C@@H](CO)c1ccccc1. The van der Waals surface area contributed by atoms with Crippen molar-refractivity contribution in [2.75, 3.05) is 13.4 Å². The lowest BCUT2D eigenvalue weighted by atomic mass is 10.1. The van der Waals surface area contributed by atoms with Gasteiger partial charge in [0.25, 0.3) is 11.5 Å². The van der Waals surface area contributed by atoms with Crippen LogP contribution in [-0.2, 0) is 0 Å². The van der Waals surface area contributed by atoms with E-state index < -0.39 is 17.5 Å². The number of aryl methyl sites for hydroxylation is 1. The van der Waals surface area contributed by atoms with Gasteiger partial charge in [0.05, 0.1) is 18.3 Å². The molecular formula is C22H20N2O5. The predicted octanol–water partition coefficient (Wildman–Crippen LogP) is 2.34. The Morgan fingerprint density at radius 2 is 1.90 bits per heavy atom. The van der Waals surface area contributed by atoms with Crippen LogP contribution in [0.3, 0.4) is 0 Å². The van der Waals surface area contributed by atoms with Crippen molar-refractivity contribution >= 4 is 5.91 Å². The van der Waals surface area contributed by atoms with Crippen molar-refractivity contribution in [2.24, 2.45) is 0 Å². The molecule has 0 radical (unpaired) electrons. The molecule has 0 spiro atoms. The maximum absolute atomic E-state index is 13.1. The van der Waals surface area contributed by atoms with E-state index in [1.807, 2.05) is 30.3 Å². The van der Waals surface area contributed by atoms with E-state index in [0.717, 1.165) is 5.56 Å². The Balaban J connectivity index is 1.68. The van der Waals surface area contributed by atoms with E-state index in [1.54, 1.807) is 37.4 Å². The van der Waals surface area contributed by atoms with Crippen LogP contribution in [0, 0.1) is 6.92 Å². The van der Waals surface area contributed by atoms with Gasteiger partial charge >= 0.3 is 0 Å². The fraction of sp³-hybridized carbons (Fsp3) is 0.182. The first-order valence-corrected chi connectivity index (χ1v) is 9.17. The van der Waals surface area contributed by atoms with Crippen LogP contribution in [0.4, 0.5) is 0 Å². The van der Waals surface area contributed by atoms with Crippen LogP contribution in [0.1, 0.15) is 27.5 Å². The van der Waals surface area contributed by atoms with E-state index in [4.69, 9.17) is 9.47 Å². The molecule has 0 bridgehead atoms. The summed E-state index contributed by atoms with van der Waals surface area (Å²) in [6.45, 7) is 1.56. The first-order chi connectivity index (χ1) is 14.1. The lowest BCUT2D eigenvalue weighted by molar-refractivity contribution is 0.0913. The molecule has 3 aromatic rings. The molecule has 2 heterocycles. The van der Waals surface area contributed by atoms with Crippen molar-refractivity contribution in [1.29, 1.82) is 0 Å². The fourth-order valence-corrected chi connectivity index (χ4v) is 3.29. The van der Waals surface area contributed by atoms with Crippen molar-refractivity contribution in [3.8, 4) is 17.2 Å². The number of aromatic nitrogens is 1. The van der Waals surface area contributed by atoms with E-state index in [2.05, 4.69) is 5.32 Å². The van der Waals surface area contributed by atoms with Gasteiger partial charge in [-0.05, 0) is 36.2 Å². The Morgan fingerprint density at radius 1 is 1.14 bits per heavy atom. The highest BCUT2D eigenvalue weighted by molar-refractivity contribution is 5.95. The third kappa shape index (κ3) is 3.60. The third-order valence-corrected chi connectivity index (χ3v) is 4.85. The Kier molecular flexibility index (Phi) is 5.05. The van der Waals surface area contributed by atoms with Crippen LogP contribution < -0.4 is 20.3 Å². The average molecular weight is 392 g/mol. The molecule has 2 aromatic carbocycles. The van der Waals surface area contributed by atoms with E-state index >= 15 is 0 Å². The summed E-state index contributed by atoms with van der Waals surface area (Å²) in [7, 11) is 0. The molecule has 0 saturated carbocycles. The number of nitrogens with one attached hydrogen (secondary N) is 1. The topological polar surface area (TPSA) is 89.8 Å². The monoisotopic (exact) mass is 392 g/mol. The summed E-state index contributed by atoms with van der Waals surface area (Å²) in [4.78, 5) is 26.0. The zero-order chi connectivity index (χ0) is 20.4. The first-order valence-electron chi connectivity index (χ1n) is 9.17. The molecule has 1 aromatic heterocycles. The lowest BCUT2D eigenvalue weighted by Gasteiger charge is -2.18. The summed E-state index contributed by atoms with van der Waals surface area (Å²) >= 11 is 0. The highest BCUT2D eigenvalue weighted by Gasteiger charge is 2.21. The van der Waals surface area contributed by atoms with Gasteiger partial charge in [-0.25, -0.2) is 0 Å². The first kappa shape index (κ1) is 18.8. The van der Waals surface area contributed by atoms with Gasteiger partial charge in [0.15, 0.2) is 11.5 Å². The van der Waals surface area contributed by atoms with Gasteiger partial charge in [0.2, 0.25) is 6.79 Å². The summed E-state index contributed by atoms with van der Waals surface area (Å²) < 4.78 is 12.1. The van der Waals surface area contributed by atoms with Gasteiger partial charge in [-0.3, -0.25) is 14.2 Å². The molecule has 0 saturated heterocycles. The van der Waals surface area contributed by atoms with Crippen LogP contribution in [0.25, 0.3) is 5.69 Å². The minimum absolute atomic E-state index is 0.0274. The van der Waals surface area contributed by atoms with Crippen molar-refractivity contribution in [1.82, 2.24) is 9.88 Å². The van der Waals surface area contributed by atoms with Gasteiger partial charge in [0.1, 0.15) is 5.56 Å². The average Bonchev–Trinajstić information content (AvgIpc) is 3.20. The number of amides is 1.